The van der Waals surface area contributed by atoms with E-state index in [0.717, 1.165) is 42.7 Å². The number of rotatable bonds is 4. The van der Waals surface area contributed by atoms with E-state index in [2.05, 4.69) is 57.5 Å². The lowest BCUT2D eigenvalue weighted by Gasteiger charge is -2.25. The second-order valence-electron chi connectivity index (χ2n) is 6.80. The fourth-order valence-corrected chi connectivity index (χ4v) is 2.95. The van der Waals surface area contributed by atoms with Crippen molar-refractivity contribution in [3.8, 4) is 0 Å². The third-order valence-electron chi connectivity index (χ3n) is 4.50. The molecule has 1 aliphatic heterocycles. The highest BCUT2D eigenvalue weighted by Crippen LogP contribution is 2.16. The van der Waals surface area contributed by atoms with Crippen molar-refractivity contribution in [3.05, 3.63) is 41.2 Å². The van der Waals surface area contributed by atoms with Gasteiger partial charge in [0.25, 0.3) is 0 Å². The molecular weight excluding hydrogens is 441 g/mol. The lowest BCUT2D eigenvalue weighted by atomic mass is 10.1. The molecule has 0 saturated heterocycles. The topological polar surface area (TPSA) is 80.0 Å². The van der Waals surface area contributed by atoms with Crippen molar-refractivity contribution in [2.75, 3.05) is 7.05 Å². The molecule has 2 aromatic heterocycles. The summed E-state index contributed by atoms with van der Waals surface area (Å²) in [6, 6.07) is 4.32. The lowest BCUT2D eigenvalue weighted by molar-refractivity contribution is 0.391. The summed E-state index contributed by atoms with van der Waals surface area (Å²) < 4.78 is 2.03. The molecule has 2 aromatic rings. The van der Waals surface area contributed by atoms with Gasteiger partial charge in [0, 0.05) is 31.6 Å². The Kier molecular flexibility index (Phi) is 7.36. The van der Waals surface area contributed by atoms with E-state index < -0.39 is 0 Å². The zero-order valence-corrected chi connectivity index (χ0v) is 18.2. The van der Waals surface area contributed by atoms with E-state index >= 15 is 0 Å². The summed E-state index contributed by atoms with van der Waals surface area (Å²) in [5.41, 5.74) is 2.21. The standard InChI is InChI=1S/C18H27N7.HI/c1-12(2)17-23-16-8-7-14(11-25(16)24-17)22-18(19-4)21-10-15-13(3)6-5-9-20-15;/h5-6,9,12,14H,7-8,10-11H2,1-4H3,(H2,19,21,22);1H. The summed E-state index contributed by atoms with van der Waals surface area (Å²) in [4.78, 5) is 13.4. The number of nitrogens with one attached hydrogen (secondary N) is 2. The highest BCUT2D eigenvalue weighted by molar-refractivity contribution is 14.0. The maximum absolute atomic E-state index is 4.64. The number of nitrogens with zero attached hydrogens (tertiary/aromatic N) is 5. The highest BCUT2D eigenvalue weighted by Gasteiger charge is 2.23. The molecule has 3 rings (SSSR count). The van der Waals surface area contributed by atoms with E-state index in [1.807, 2.05) is 16.9 Å². The molecule has 0 aromatic carbocycles. The van der Waals surface area contributed by atoms with Gasteiger partial charge < -0.3 is 10.6 Å². The Morgan fingerprint density at radius 2 is 2.23 bits per heavy atom. The number of hydrogen-bond donors (Lipinski definition) is 2. The Morgan fingerprint density at radius 1 is 1.42 bits per heavy atom. The van der Waals surface area contributed by atoms with Crippen molar-refractivity contribution in [2.45, 2.75) is 58.7 Å². The van der Waals surface area contributed by atoms with E-state index in [1.165, 1.54) is 5.56 Å². The number of aromatic nitrogens is 4. The van der Waals surface area contributed by atoms with Gasteiger partial charge in [-0.05, 0) is 25.0 Å². The maximum atomic E-state index is 4.64. The summed E-state index contributed by atoms with van der Waals surface area (Å²) in [5.74, 6) is 3.18. The molecule has 0 aliphatic carbocycles. The van der Waals surface area contributed by atoms with Gasteiger partial charge in [-0.2, -0.15) is 5.10 Å². The van der Waals surface area contributed by atoms with Gasteiger partial charge in [0.2, 0.25) is 0 Å². The predicted molar refractivity (Wildman–Crippen MR) is 114 cm³/mol. The van der Waals surface area contributed by atoms with Crippen LogP contribution in [0.4, 0.5) is 0 Å². The number of aryl methyl sites for hydroxylation is 2. The number of aliphatic imine (C=N–C) groups is 1. The monoisotopic (exact) mass is 469 g/mol. The molecule has 0 amide bonds. The minimum atomic E-state index is 0. The quantitative estimate of drug-likeness (QED) is 0.409. The predicted octanol–water partition coefficient (Wildman–Crippen LogP) is 2.40. The fourth-order valence-electron chi connectivity index (χ4n) is 2.95. The van der Waals surface area contributed by atoms with Gasteiger partial charge in [-0.25, -0.2) is 9.67 Å². The summed E-state index contributed by atoms with van der Waals surface area (Å²) >= 11 is 0. The molecule has 2 N–H and O–H groups in total. The molecule has 8 heteroatoms. The first-order valence-corrected chi connectivity index (χ1v) is 8.88. The molecule has 1 aliphatic rings. The van der Waals surface area contributed by atoms with Crippen LogP contribution in [0.2, 0.25) is 0 Å². The Bertz CT molecular complexity index is 754. The summed E-state index contributed by atoms with van der Waals surface area (Å²) in [6.07, 6.45) is 3.78. The average molecular weight is 469 g/mol. The van der Waals surface area contributed by atoms with E-state index in [0.29, 0.717) is 18.5 Å². The molecular formula is C18H28IN7. The second-order valence-corrected chi connectivity index (χ2v) is 6.80. The van der Waals surface area contributed by atoms with Crippen LogP contribution in [-0.4, -0.2) is 38.8 Å². The zero-order chi connectivity index (χ0) is 17.8. The maximum Gasteiger partial charge on any atom is 0.191 e. The van der Waals surface area contributed by atoms with Gasteiger partial charge in [-0.1, -0.05) is 19.9 Å². The summed E-state index contributed by atoms with van der Waals surface area (Å²) in [5, 5.41) is 11.5. The fraction of sp³-hybridized carbons (Fsp3) is 0.556. The van der Waals surface area contributed by atoms with Crippen molar-refractivity contribution >= 4 is 29.9 Å². The van der Waals surface area contributed by atoms with Crippen LogP contribution in [-0.2, 0) is 19.5 Å². The van der Waals surface area contributed by atoms with E-state index in [4.69, 9.17) is 0 Å². The molecule has 142 valence electrons. The lowest BCUT2D eigenvalue weighted by Crippen LogP contribution is -2.47. The molecule has 0 saturated carbocycles. The van der Waals surface area contributed by atoms with Crippen LogP contribution in [0.1, 0.15) is 49.1 Å². The van der Waals surface area contributed by atoms with Crippen molar-refractivity contribution < 1.29 is 0 Å². The Balaban J connectivity index is 0.00000243. The number of fused-ring (bicyclic) bond motifs is 1. The number of pyridine rings is 1. The Labute approximate surface area is 172 Å². The van der Waals surface area contributed by atoms with Gasteiger partial charge in [0.15, 0.2) is 11.8 Å². The molecule has 0 bridgehead atoms. The van der Waals surface area contributed by atoms with E-state index in [9.17, 15) is 0 Å². The largest absolute Gasteiger partial charge is 0.352 e. The minimum Gasteiger partial charge on any atom is -0.352 e. The van der Waals surface area contributed by atoms with Crippen LogP contribution < -0.4 is 10.6 Å². The first-order valence-electron chi connectivity index (χ1n) is 8.88. The molecule has 0 radical (unpaired) electrons. The van der Waals surface area contributed by atoms with E-state index in [1.54, 1.807) is 7.05 Å². The number of guanidine groups is 1. The van der Waals surface area contributed by atoms with Gasteiger partial charge in [0.05, 0.1) is 18.8 Å². The smallest absolute Gasteiger partial charge is 0.191 e. The van der Waals surface area contributed by atoms with Gasteiger partial charge in [0.1, 0.15) is 5.82 Å². The van der Waals surface area contributed by atoms with Crippen LogP contribution in [0.5, 0.6) is 0 Å². The summed E-state index contributed by atoms with van der Waals surface area (Å²) in [6.45, 7) is 7.80. The molecule has 26 heavy (non-hydrogen) atoms. The van der Waals surface area contributed by atoms with Crippen LogP contribution in [0.3, 0.4) is 0 Å². The molecule has 0 spiro atoms. The number of hydrogen-bond acceptors (Lipinski definition) is 4. The van der Waals surface area contributed by atoms with Crippen LogP contribution in [0.15, 0.2) is 23.3 Å². The van der Waals surface area contributed by atoms with E-state index in [-0.39, 0.29) is 24.0 Å². The molecule has 7 nitrogen and oxygen atoms in total. The van der Waals surface area contributed by atoms with Crippen molar-refractivity contribution in [2.24, 2.45) is 4.99 Å². The van der Waals surface area contributed by atoms with Crippen LogP contribution >= 0.6 is 24.0 Å². The normalized spacial score (nSPS) is 16.8. The van der Waals surface area contributed by atoms with Crippen LogP contribution in [0, 0.1) is 6.92 Å². The third kappa shape index (κ3) is 4.93. The first-order chi connectivity index (χ1) is 12.1. The van der Waals surface area contributed by atoms with Crippen molar-refractivity contribution in [1.29, 1.82) is 0 Å². The summed E-state index contributed by atoms with van der Waals surface area (Å²) in [7, 11) is 1.79. The van der Waals surface area contributed by atoms with Gasteiger partial charge in [-0.3, -0.25) is 9.98 Å². The zero-order valence-electron chi connectivity index (χ0n) is 15.9. The molecule has 0 fully saturated rings. The third-order valence-corrected chi connectivity index (χ3v) is 4.50. The molecule has 1 atom stereocenters. The van der Waals surface area contributed by atoms with Crippen molar-refractivity contribution in [3.63, 3.8) is 0 Å². The highest BCUT2D eigenvalue weighted by atomic mass is 127. The Hall–Kier alpha value is -1.71. The van der Waals surface area contributed by atoms with Gasteiger partial charge >= 0.3 is 0 Å². The second kappa shape index (κ2) is 9.29. The molecule has 1 unspecified atom stereocenters. The van der Waals surface area contributed by atoms with Crippen LogP contribution in [0.25, 0.3) is 0 Å². The minimum absolute atomic E-state index is 0. The SMILES string of the molecule is CN=C(NCc1ncccc1C)NC1CCc2nc(C(C)C)nn2C1.I. The Morgan fingerprint density at radius 3 is 2.92 bits per heavy atom. The molecule has 3 heterocycles. The van der Waals surface area contributed by atoms with Crippen molar-refractivity contribution in [1.82, 2.24) is 30.4 Å². The average Bonchev–Trinajstić information content (AvgIpc) is 3.03. The number of halogens is 1. The van der Waals surface area contributed by atoms with Gasteiger partial charge in [-0.15, -0.1) is 24.0 Å². The first kappa shape index (κ1) is 20.6.